The van der Waals surface area contributed by atoms with E-state index in [9.17, 15) is 4.39 Å². The maximum atomic E-state index is 13.0. The van der Waals surface area contributed by atoms with Crippen LogP contribution < -0.4 is 5.32 Å². The highest BCUT2D eigenvalue weighted by atomic mass is 35.5. The monoisotopic (exact) mass is 259 g/mol. The number of halogens is 2. The summed E-state index contributed by atoms with van der Waals surface area (Å²) in [6, 6.07) is 5.02. The maximum Gasteiger partial charge on any atom is 0.141 e. The average Bonchev–Trinajstić information content (AvgIpc) is 2.28. The smallest absolute Gasteiger partial charge is 0.141 e. The zero-order chi connectivity index (χ0) is 12.8. The van der Waals surface area contributed by atoms with Gasteiger partial charge >= 0.3 is 0 Å². The minimum Gasteiger partial charge on any atom is -0.377 e. The molecule has 0 bridgehead atoms. The van der Waals surface area contributed by atoms with E-state index in [1.807, 2.05) is 20.9 Å². The summed E-state index contributed by atoms with van der Waals surface area (Å²) in [5.74, 6) is -0.380. The van der Waals surface area contributed by atoms with Crippen LogP contribution in [0.2, 0.25) is 5.02 Å². The molecule has 1 N–H and O–H groups in total. The van der Waals surface area contributed by atoms with Crippen molar-refractivity contribution in [2.45, 2.75) is 32.4 Å². The Balaban J connectivity index is 2.57. The molecular weight excluding hydrogens is 241 g/mol. The van der Waals surface area contributed by atoms with Crippen LogP contribution in [-0.4, -0.2) is 25.8 Å². The number of benzene rings is 1. The lowest BCUT2D eigenvalue weighted by Crippen LogP contribution is -2.33. The molecule has 0 spiro atoms. The normalized spacial score (nSPS) is 13.1. The van der Waals surface area contributed by atoms with E-state index < -0.39 is 0 Å². The molecule has 17 heavy (non-hydrogen) atoms. The Hall–Kier alpha value is -0.640. The molecular formula is C13H19ClFNO. The first-order chi connectivity index (χ1) is 8.02. The minimum atomic E-state index is -0.380. The van der Waals surface area contributed by atoms with Gasteiger partial charge in [0.1, 0.15) is 5.82 Å². The van der Waals surface area contributed by atoms with Crippen molar-refractivity contribution in [2.75, 3.05) is 13.7 Å². The zero-order valence-electron chi connectivity index (χ0n) is 10.5. The second-order valence-corrected chi connectivity index (χ2v) is 4.73. The molecule has 0 saturated carbocycles. The molecule has 1 aromatic rings. The molecule has 1 atom stereocenters. The van der Waals surface area contributed by atoms with Crippen LogP contribution in [0.3, 0.4) is 0 Å². The van der Waals surface area contributed by atoms with Crippen molar-refractivity contribution in [3.63, 3.8) is 0 Å². The van der Waals surface area contributed by atoms with Crippen LogP contribution in [0.1, 0.15) is 19.4 Å². The van der Waals surface area contributed by atoms with Crippen LogP contribution in [0, 0.1) is 5.82 Å². The third kappa shape index (κ3) is 5.02. The van der Waals surface area contributed by atoms with E-state index in [4.69, 9.17) is 16.3 Å². The number of nitrogens with one attached hydrogen (secondary N) is 1. The van der Waals surface area contributed by atoms with Crippen molar-refractivity contribution in [1.82, 2.24) is 5.32 Å². The van der Waals surface area contributed by atoms with Crippen LogP contribution in [-0.2, 0) is 11.2 Å². The molecule has 1 aromatic carbocycles. The molecule has 2 nitrogen and oxygen atoms in total. The number of hydrogen-bond acceptors (Lipinski definition) is 2. The standard InChI is InChI=1S/C13H19ClFNO/c1-9(2)17-8-11(16-3)6-10-4-5-13(15)12(14)7-10/h4-5,7,9,11,16H,6,8H2,1-3H3. The lowest BCUT2D eigenvalue weighted by atomic mass is 10.1. The average molecular weight is 260 g/mol. The predicted octanol–water partition coefficient (Wildman–Crippen LogP) is 3.03. The molecule has 0 radical (unpaired) electrons. The van der Waals surface area contributed by atoms with Gasteiger partial charge in [-0.05, 0) is 45.0 Å². The van der Waals surface area contributed by atoms with Gasteiger partial charge in [0.25, 0.3) is 0 Å². The molecule has 96 valence electrons. The van der Waals surface area contributed by atoms with Gasteiger partial charge in [-0.1, -0.05) is 17.7 Å². The van der Waals surface area contributed by atoms with Gasteiger partial charge < -0.3 is 10.1 Å². The van der Waals surface area contributed by atoms with E-state index in [-0.39, 0.29) is 23.0 Å². The molecule has 0 aromatic heterocycles. The van der Waals surface area contributed by atoms with E-state index >= 15 is 0 Å². The van der Waals surface area contributed by atoms with Gasteiger partial charge in [-0.25, -0.2) is 4.39 Å². The zero-order valence-corrected chi connectivity index (χ0v) is 11.2. The topological polar surface area (TPSA) is 21.3 Å². The first-order valence-corrected chi connectivity index (χ1v) is 6.13. The lowest BCUT2D eigenvalue weighted by Gasteiger charge is -2.18. The second-order valence-electron chi connectivity index (χ2n) is 4.32. The van der Waals surface area contributed by atoms with E-state index in [0.717, 1.165) is 12.0 Å². The summed E-state index contributed by atoms with van der Waals surface area (Å²) in [5, 5.41) is 3.35. The molecule has 0 aliphatic carbocycles. The molecule has 0 heterocycles. The Morgan fingerprint density at radius 1 is 1.41 bits per heavy atom. The van der Waals surface area contributed by atoms with Gasteiger partial charge in [0, 0.05) is 6.04 Å². The largest absolute Gasteiger partial charge is 0.377 e. The van der Waals surface area contributed by atoms with Gasteiger partial charge in [0.2, 0.25) is 0 Å². The van der Waals surface area contributed by atoms with E-state index in [1.54, 1.807) is 12.1 Å². The second kappa shape index (κ2) is 6.94. The molecule has 0 aliphatic rings. The maximum absolute atomic E-state index is 13.0. The van der Waals surface area contributed by atoms with Gasteiger partial charge in [0.05, 0.1) is 17.7 Å². The first kappa shape index (κ1) is 14.4. The summed E-state index contributed by atoms with van der Waals surface area (Å²) >= 11 is 5.74. The van der Waals surface area contributed by atoms with Crippen molar-refractivity contribution < 1.29 is 9.13 Å². The highest BCUT2D eigenvalue weighted by Crippen LogP contribution is 2.17. The van der Waals surface area contributed by atoms with Crippen molar-refractivity contribution in [2.24, 2.45) is 0 Å². The summed E-state index contributed by atoms with van der Waals surface area (Å²) in [7, 11) is 1.89. The molecule has 0 aliphatic heterocycles. The van der Waals surface area contributed by atoms with E-state index in [1.165, 1.54) is 6.07 Å². The number of ether oxygens (including phenoxy) is 1. The molecule has 0 fully saturated rings. The van der Waals surface area contributed by atoms with Crippen LogP contribution >= 0.6 is 11.6 Å². The van der Waals surface area contributed by atoms with Crippen LogP contribution in [0.25, 0.3) is 0 Å². The van der Waals surface area contributed by atoms with Crippen LogP contribution in [0.15, 0.2) is 18.2 Å². The first-order valence-electron chi connectivity index (χ1n) is 5.75. The molecule has 1 unspecified atom stereocenters. The van der Waals surface area contributed by atoms with Gasteiger partial charge in [-0.2, -0.15) is 0 Å². The molecule has 0 amide bonds. The van der Waals surface area contributed by atoms with Gasteiger partial charge in [0.15, 0.2) is 0 Å². The van der Waals surface area contributed by atoms with Gasteiger partial charge in [-0.3, -0.25) is 0 Å². The predicted molar refractivity (Wildman–Crippen MR) is 69.0 cm³/mol. The van der Waals surface area contributed by atoms with Gasteiger partial charge in [-0.15, -0.1) is 0 Å². The Morgan fingerprint density at radius 2 is 2.12 bits per heavy atom. The van der Waals surface area contributed by atoms with E-state index in [0.29, 0.717) is 6.61 Å². The fourth-order valence-corrected chi connectivity index (χ4v) is 1.71. The Labute approximate surface area is 107 Å². The Bertz CT molecular complexity index is 357. The summed E-state index contributed by atoms with van der Waals surface area (Å²) in [4.78, 5) is 0. The highest BCUT2D eigenvalue weighted by Gasteiger charge is 2.10. The third-order valence-electron chi connectivity index (χ3n) is 2.51. The quantitative estimate of drug-likeness (QED) is 0.848. The number of hydrogen-bond donors (Lipinski definition) is 1. The molecule has 0 saturated heterocycles. The summed E-state index contributed by atoms with van der Waals surface area (Å²) in [5.41, 5.74) is 1.00. The third-order valence-corrected chi connectivity index (χ3v) is 2.79. The fraction of sp³-hybridized carbons (Fsp3) is 0.538. The minimum absolute atomic E-state index is 0.169. The van der Waals surface area contributed by atoms with Crippen molar-refractivity contribution in [3.8, 4) is 0 Å². The summed E-state index contributed by atoms with van der Waals surface area (Å²) in [6.07, 6.45) is 0.978. The summed E-state index contributed by atoms with van der Waals surface area (Å²) < 4.78 is 18.6. The number of likely N-dealkylation sites (N-methyl/N-ethyl adjacent to an activating group) is 1. The van der Waals surface area contributed by atoms with Crippen molar-refractivity contribution >= 4 is 11.6 Å². The molecule has 4 heteroatoms. The van der Waals surface area contributed by atoms with Crippen molar-refractivity contribution in [3.05, 3.63) is 34.6 Å². The summed E-state index contributed by atoms with van der Waals surface area (Å²) in [6.45, 7) is 4.63. The highest BCUT2D eigenvalue weighted by molar-refractivity contribution is 6.30. The Morgan fingerprint density at radius 3 is 2.65 bits per heavy atom. The SMILES string of the molecule is CNC(COC(C)C)Cc1ccc(F)c(Cl)c1. The molecule has 1 rings (SSSR count). The Kier molecular flexibility index (Phi) is 5.89. The number of rotatable bonds is 6. The fourth-order valence-electron chi connectivity index (χ4n) is 1.50. The van der Waals surface area contributed by atoms with Crippen LogP contribution in [0.4, 0.5) is 4.39 Å². The van der Waals surface area contributed by atoms with E-state index in [2.05, 4.69) is 5.32 Å². The lowest BCUT2D eigenvalue weighted by molar-refractivity contribution is 0.0628. The van der Waals surface area contributed by atoms with Crippen LogP contribution in [0.5, 0.6) is 0 Å². The van der Waals surface area contributed by atoms with Crippen molar-refractivity contribution in [1.29, 1.82) is 0 Å².